The van der Waals surface area contributed by atoms with Crippen LogP contribution >= 0.6 is 0 Å². The van der Waals surface area contributed by atoms with Gasteiger partial charge in [-0.05, 0) is 24.6 Å². The van der Waals surface area contributed by atoms with Crippen LogP contribution in [-0.2, 0) is 29.0 Å². The molecule has 0 spiro atoms. The van der Waals surface area contributed by atoms with Crippen LogP contribution in [-0.4, -0.2) is 33.5 Å². The summed E-state index contributed by atoms with van der Waals surface area (Å²) in [5, 5.41) is 9.64. The molecule has 2 aromatic rings. The molecule has 1 aliphatic heterocycles. The van der Waals surface area contributed by atoms with Crippen molar-refractivity contribution in [3.63, 3.8) is 0 Å². The highest BCUT2D eigenvalue weighted by Crippen LogP contribution is 2.21. The van der Waals surface area contributed by atoms with Crippen LogP contribution in [0.5, 0.6) is 0 Å². The lowest BCUT2D eigenvalue weighted by Crippen LogP contribution is -2.42. The molecule has 0 fully saturated rings. The molecule has 0 saturated carbocycles. The second kappa shape index (κ2) is 6.20. The largest absolute Gasteiger partial charge is 0.330 e. The van der Waals surface area contributed by atoms with Crippen molar-refractivity contribution in [2.24, 2.45) is 0 Å². The maximum Gasteiger partial charge on any atom is 0.313 e. The van der Waals surface area contributed by atoms with Gasteiger partial charge in [-0.25, -0.2) is 4.39 Å². The summed E-state index contributed by atoms with van der Waals surface area (Å²) >= 11 is 0. The van der Waals surface area contributed by atoms with E-state index in [1.165, 1.54) is 29.2 Å². The first kappa shape index (κ1) is 15.2. The average molecular weight is 316 g/mol. The molecule has 0 bridgehead atoms. The Labute approximate surface area is 132 Å². The van der Waals surface area contributed by atoms with E-state index in [1.807, 2.05) is 6.92 Å². The maximum atomic E-state index is 13.1. The summed E-state index contributed by atoms with van der Waals surface area (Å²) in [6, 6.07) is 5.45. The van der Waals surface area contributed by atoms with E-state index >= 15 is 0 Å². The molecule has 0 aliphatic carbocycles. The first-order valence-electron chi connectivity index (χ1n) is 7.49. The Kier molecular flexibility index (Phi) is 4.10. The van der Waals surface area contributed by atoms with E-state index in [1.54, 1.807) is 0 Å². The van der Waals surface area contributed by atoms with Crippen LogP contribution in [0.4, 0.5) is 10.1 Å². The Morgan fingerprint density at radius 3 is 3.00 bits per heavy atom. The van der Waals surface area contributed by atoms with Gasteiger partial charge in [-0.3, -0.25) is 14.7 Å². The molecule has 120 valence electrons. The summed E-state index contributed by atoms with van der Waals surface area (Å²) in [4.78, 5) is 25.9. The Balaban J connectivity index is 1.70. The van der Waals surface area contributed by atoms with E-state index in [4.69, 9.17) is 0 Å². The number of aromatic nitrogens is 2. The standard InChI is InChI=1S/C16H17FN4O2/c1-2-13-12-9-21(7-6-14(12)20-19-13)16(23)15(22)18-11-5-3-4-10(17)8-11/h3-5,8H,2,6-7,9H2,1H3,(H,18,22)(H,19,20). The SMILES string of the molecule is CCc1n[nH]c2c1CN(C(=O)C(=O)Nc1cccc(F)c1)CC2. The minimum absolute atomic E-state index is 0.263. The molecule has 2 heterocycles. The molecule has 0 radical (unpaired) electrons. The summed E-state index contributed by atoms with van der Waals surface area (Å²) in [5.41, 5.74) is 3.20. The van der Waals surface area contributed by atoms with Gasteiger partial charge < -0.3 is 10.2 Å². The minimum Gasteiger partial charge on any atom is -0.330 e. The number of halogens is 1. The van der Waals surface area contributed by atoms with Gasteiger partial charge in [-0.2, -0.15) is 5.10 Å². The van der Waals surface area contributed by atoms with Gasteiger partial charge >= 0.3 is 11.8 Å². The molecule has 0 unspecified atom stereocenters. The topological polar surface area (TPSA) is 78.1 Å². The van der Waals surface area contributed by atoms with Gasteiger partial charge in [0.2, 0.25) is 0 Å². The van der Waals surface area contributed by atoms with Crippen molar-refractivity contribution in [3.8, 4) is 0 Å². The van der Waals surface area contributed by atoms with Crippen LogP contribution in [0.2, 0.25) is 0 Å². The minimum atomic E-state index is -0.763. The van der Waals surface area contributed by atoms with Crippen molar-refractivity contribution in [2.75, 3.05) is 11.9 Å². The van der Waals surface area contributed by atoms with Crippen LogP contribution in [0, 0.1) is 5.82 Å². The van der Waals surface area contributed by atoms with Gasteiger partial charge in [0.15, 0.2) is 0 Å². The summed E-state index contributed by atoms with van der Waals surface area (Å²) in [7, 11) is 0. The molecule has 3 rings (SSSR count). The number of rotatable bonds is 2. The van der Waals surface area contributed by atoms with Crippen molar-refractivity contribution in [1.29, 1.82) is 0 Å². The van der Waals surface area contributed by atoms with Crippen LogP contribution in [0.3, 0.4) is 0 Å². The monoisotopic (exact) mass is 316 g/mol. The highest BCUT2D eigenvalue weighted by molar-refractivity contribution is 6.39. The zero-order valence-electron chi connectivity index (χ0n) is 12.7. The average Bonchev–Trinajstić information content (AvgIpc) is 2.96. The number of carbonyl (C=O) groups is 2. The summed E-state index contributed by atoms with van der Waals surface area (Å²) in [5.74, 6) is -1.85. The number of hydrogen-bond acceptors (Lipinski definition) is 3. The third kappa shape index (κ3) is 3.08. The summed E-state index contributed by atoms with van der Waals surface area (Å²) < 4.78 is 13.1. The first-order chi connectivity index (χ1) is 11.1. The molecule has 7 heteroatoms. The number of aryl methyl sites for hydroxylation is 1. The fourth-order valence-corrected chi connectivity index (χ4v) is 2.71. The second-order valence-corrected chi connectivity index (χ2v) is 5.42. The van der Waals surface area contributed by atoms with Gasteiger partial charge in [0, 0.05) is 36.5 Å². The lowest BCUT2D eigenvalue weighted by Gasteiger charge is -2.26. The third-order valence-electron chi connectivity index (χ3n) is 3.92. The fourth-order valence-electron chi connectivity index (χ4n) is 2.71. The number of nitrogens with one attached hydrogen (secondary N) is 2. The van der Waals surface area contributed by atoms with Crippen LogP contribution < -0.4 is 5.32 Å². The summed E-state index contributed by atoms with van der Waals surface area (Å²) in [6.45, 7) is 2.81. The smallest absolute Gasteiger partial charge is 0.313 e. The molecule has 23 heavy (non-hydrogen) atoms. The van der Waals surface area contributed by atoms with Gasteiger partial charge in [0.25, 0.3) is 0 Å². The third-order valence-corrected chi connectivity index (χ3v) is 3.92. The molecule has 2 N–H and O–H groups in total. The van der Waals surface area contributed by atoms with Crippen LogP contribution in [0.15, 0.2) is 24.3 Å². The zero-order valence-corrected chi connectivity index (χ0v) is 12.7. The lowest BCUT2D eigenvalue weighted by atomic mass is 10.0. The Morgan fingerprint density at radius 1 is 1.43 bits per heavy atom. The van der Waals surface area contributed by atoms with E-state index in [0.717, 1.165) is 23.4 Å². The highest BCUT2D eigenvalue weighted by atomic mass is 19.1. The maximum absolute atomic E-state index is 13.1. The fraction of sp³-hybridized carbons (Fsp3) is 0.312. The van der Waals surface area contributed by atoms with Crippen molar-refractivity contribution in [2.45, 2.75) is 26.3 Å². The normalized spacial score (nSPS) is 13.6. The van der Waals surface area contributed by atoms with Gasteiger partial charge in [0.05, 0.1) is 5.69 Å². The lowest BCUT2D eigenvalue weighted by molar-refractivity contribution is -0.143. The number of aromatic amines is 1. The van der Waals surface area contributed by atoms with E-state index in [2.05, 4.69) is 15.5 Å². The predicted octanol–water partition coefficient (Wildman–Crippen LogP) is 1.63. The van der Waals surface area contributed by atoms with Crippen molar-refractivity contribution in [3.05, 3.63) is 47.0 Å². The number of amides is 2. The van der Waals surface area contributed by atoms with E-state index in [0.29, 0.717) is 19.5 Å². The molecule has 0 atom stereocenters. The van der Waals surface area contributed by atoms with Gasteiger partial charge in [0.1, 0.15) is 5.82 Å². The second-order valence-electron chi connectivity index (χ2n) is 5.42. The van der Waals surface area contributed by atoms with E-state index in [-0.39, 0.29) is 5.69 Å². The quantitative estimate of drug-likeness (QED) is 0.827. The number of nitrogens with zero attached hydrogens (tertiary/aromatic N) is 2. The molecule has 6 nitrogen and oxygen atoms in total. The Hall–Kier alpha value is -2.70. The van der Waals surface area contributed by atoms with Crippen molar-refractivity contribution < 1.29 is 14.0 Å². The predicted molar refractivity (Wildman–Crippen MR) is 82.1 cm³/mol. The van der Waals surface area contributed by atoms with Gasteiger partial charge in [-0.1, -0.05) is 13.0 Å². The molecule has 0 saturated heterocycles. The number of benzene rings is 1. The molecule has 2 amide bonds. The van der Waals surface area contributed by atoms with Crippen LogP contribution in [0.25, 0.3) is 0 Å². The van der Waals surface area contributed by atoms with Crippen molar-refractivity contribution >= 4 is 17.5 Å². The molecule has 1 aromatic heterocycles. The first-order valence-corrected chi connectivity index (χ1v) is 7.49. The zero-order chi connectivity index (χ0) is 16.4. The number of hydrogen-bond donors (Lipinski definition) is 2. The Bertz CT molecular complexity index is 743. The van der Waals surface area contributed by atoms with Crippen LogP contribution in [0.1, 0.15) is 23.9 Å². The molecule has 1 aliphatic rings. The van der Waals surface area contributed by atoms with E-state index in [9.17, 15) is 14.0 Å². The highest BCUT2D eigenvalue weighted by Gasteiger charge is 2.28. The van der Waals surface area contributed by atoms with E-state index < -0.39 is 17.6 Å². The van der Waals surface area contributed by atoms with Crippen molar-refractivity contribution in [1.82, 2.24) is 15.1 Å². The number of anilines is 1. The van der Waals surface area contributed by atoms with Gasteiger partial charge in [-0.15, -0.1) is 0 Å². The summed E-state index contributed by atoms with van der Waals surface area (Å²) in [6.07, 6.45) is 1.41. The molecular formula is C16H17FN4O2. The number of H-pyrrole nitrogens is 1. The number of fused-ring (bicyclic) bond motifs is 1. The number of carbonyl (C=O) groups excluding carboxylic acids is 2. The molecule has 1 aromatic carbocycles. The molecular weight excluding hydrogens is 299 g/mol. The Morgan fingerprint density at radius 2 is 2.26 bits per heavy atom.